The number of benzene rings is 1. The number of pyridine rings is 2. The van der Waals surface area contributed by atoms with E-state index in [1.165, 1.54) is 10.5 Å². The molecule has 8 heteroatoms. The van der Waals surface area contributed by atoms with Crippen molar-refractivity contribution in [3.8, 4) is 6.07 Å². The average molecular weight is 427 g/mol. The first kappa shape index (κ1) is 21.2. The number of amides is 1. The number of aromatic nitrogens is 3. The average Bonchev–Trinajstić information content (AvgIpc) is 2.79. The van der Waals surface area contributed by atoms with Crippen LogP contribution in [0.4, 0.5) is 0 Å². The minimum absolute atomic E-state index is 0.112. The van der Waals surface area contributed by atoms with Crippen LogP contribution in [0, 0.1) is 25.2 Å². The summed E-state index contributed by atoms with van der Waals surface area (Å²) in [7, 11) is 1.55. The van der Waals surface area contributed by atoms with Gasteiger partial charge in [0, 0.05) is 25.4 Å². The van der Waals surface area contributed by atoms with Gasteiger partial charge in [0.2, 0.25) is 0 Å². The molecule has 0 saturated carbocycles. The minimum Gasteiger partial charge on any atom is -0.383 e. The van der Waals surface area contributed by atoms with Gasteiger partial charge in [-0.1, -0.05) is 23.8 Å². The molecule has 4 aromatic rings. The van der Waals surface area contributed by atoms with E-state index in [9.17, 15) is 14.9 Å². The molecule has 0 aliphatic carbocycles. The van der Waals surface area contributed by atoms with Gasteiger partial charge in [0.15, 0.2) is 5.49 Å². The Morgan fingerprint density at radius 3 is 2.62 bits per heavy atom. The van der Waals surface area contributed by atoms with Crippen molar-refractivity contribution >= 4 is 22.6 Å². The molecule has 0 unspecified atom stereocenters. The molecule has 8 nitrogen and oxygen atoms in total. The van der Waals surface area contributed by atoms with Gasteiger partial charge in [-0.25, -0.2) is 4.98 Å². The van der Waals surface area contributed by atoms with Crippen LogP contribution in [0.15, 0.2) is 58.4 Å². The zero-order chi connectivity index (χ0) is 22.8. The first-order valence-electron chi connectivity index (χ1n) is 10.0. The van der Waals surface area contributed by atoms with Crippen LogP contribution in [-0.4, -0.2) is 33.6 Å². The lowest BCUT2D eigenvalue weighted by Crippen LogP contribution is -2.30. The lowest BCUT2D eigenvalue weighted by molar-refractivity contribution is 0.0996. The molecule has 4 rings (SSSR count). The third kappa shape index (κ3) is 3.70. The third-order valence-electron chi connectivity index (χ3n) is 5.25. The van der Waals surface area contributed by atoms with E-state index in [1.54, 1.807) is 36.1 Å². The number of hydrogen-bond acceptors (Lipinski definition) is 5. The Hall–Kier alpha value is -4.09. The van der Waals surface area contributed by atoms with Crippen LogP contribution < -0.4 is 11.0 Å². The highest BCUT2D eigenvalue weighted by Crippen LogP contribution is 2.13. The number of carbonyl (C=O) groups is 1. The largest absolute Gasteiger partial charge is 0.383 e. The molecule has 0 N–H and O–H groups in total. The summed E-state index contributed by atoms with van der Waals surface area (Å²) in [6, 6.07) is 14.2. The molecular formula is C24H21N5O3. The fourth-order valence-corrected chi connectivity index (χ4v) is 3.54. The summed E-state index contributed by atoms with van der Waals surface area (Å²) in [5.74, 6) is -0.485. The van der Waals surface area contributed by atoms with Gasteiger partial charge in [-0.2, -0.15) is 10.3 Å². The van der Waals surface area contributed by atoms with E-state index in [0.29, 0.717) is 16.9 Å². The van der Waals surface area contributed by atoms with Crippen LogP contribution in [0.5, 0.6) is 0 Å². The first-order valence-corrected chi connectivity index (χ1v) is 10.0. The number of hydrogen-bond donors (Lipinski definition) is 0. The Labute approximate surface area is 183 Å². The molecule has 1 amide bonds. The maximum Gasteiger partial charge on any atom is 0.278 e. The summed E-state index contributed by atoms with van der Waals surface area (Å²) >= 11 is 0. The molecule has 0 aliphatic rings. The van der Waals surface area contributed by atoms with Crippen molar-refractivity contribution in [1.29, 1.82) is 5.26 Å². The van der Waals surface area contributed by atoms with Crippen LogP contribution in [0.25, 0.3) is 16.7 Å². The molecule has 3 heterocycles. The number of nitriles is 1. The Morgan fingerprint density at radius 1 is 1.19 bits per heavy atom. The van der Waals surface area contributed by atoms with Crippen LogP contribution >= 0.6 is 0 Å². The number of ether oxygens (including phenoxy) is 1. The summed E-state index contributed by atoms with van der Waals surface area (Å²) < 4.78 is 8.29. The zero-order valence-electron chi connectivity index (χ0n) is 18.0. The standard InChI is InChI=1S/C24H21N5O3/c1-15-6-8-17(9-7-15)23(30)27-21-18(14-25)13-19-22(28(21)11-12-32-3)26-20-16(2)5-4-10-29(20)24(19)31/h4-10,13H,11-12H2,1-3H3. The second kappa shape index (κ2) is 8.57. The van der Waals surface area contributed by atoms with Gasteiger partial charge < -0.3 is 9.30 Å². The molecule has 0 radical (unpaired) electrons. The Balaban J connectivity index is 2.09. The number of methoxy groups -OCH3 is 1. The molecule has 3 aromatic heterocycles. The van der Waals surface area contributed by atoms with E-state index >= 15 is 0 Å². The van der Waals surface area contributed by atoms with E-state index in [1.807, 2.05) is 32.0 Å². The third-order valence-corrected chi connectivity index (χ3v) is 5.25. The highest BCUT2D eigenvalue weighted by atomic mass is 16.5. The normalized spacial score (nSPS) is 11.8. The lowest BCUT2D eigenvalue weighted by atomic mass is 10.1. The number of aryl methyl sites for hydroxylation is 2. The molecule has 0 atom stereocenters. The topological polar surface area (TPSA) is 102 Å². The Morgan fingerprint density at radius 2 is 1.94 bits per heavy atom. The van der Waals surface area contributed by atoms with Crippen molar-refractivity contribution in [2.75, 3.05) is 13.7 Å². The van der Waals surface area contributed by atoms with Crippen molar-refractivity contribution in [3.63, 3.8) is 0 Å². The smallest absolute Gasteiger partial charge is 0.278 e. The minimum atomic E-state index is -0.485. The Kier molecular flexibility index (Phi) is 5.67. The second-order valence-electron chi connectivity index (χ2n) is 7.46. The van der Waals surface area contributed by atoms with Crippen molar-refractivity contribution in [2.24, 2.45) is 4.99 Å². The monoisotopic (exact) mass is 427 g/mol. The maximum atomic E-state index is 13.2. The molecule has 0 bridgehead atoms. The fraction of sp³-hybridized carbons (Fsp3) is 0.208. The lowest BCUT2D eigenvalue weighted by Gasteiger charge is -2.13. The molecule has 0 saturated heterocycles. The van der Waals surface area contributed by atoms with Crippen LogP contribution in [0.1, 0.15) is 27.0 Å². The molecular weight excluding hydrogens is 406 g/mol. The van der Waals surface area contributed by atoms with Crippen molar-refractivity contribution in [2.45, 2.75) is 20.4 Å². The second-order valence-corrected chi connectivity index (χ2v) is 7.46. The highest BCUT2D eigenvalue weighted by Gasteiger charge is 2.16. The molecule has 0 spiro atoms. The number of fused-ring (bicyclic) bond motifs is 2. The number of rotatable bonds is 4. The maximum absolute atomic E-state index is 13.2. The summed E-state index contributed by atoms with van der Waals surface area (Å²) in [4.78, 5) is 35.0. The van der Waals surface area contributed by atoms with Crippen LogP contribution in [0.3, 0.4) is 0 Å². The van der Waals surface area contributed by atoms with E-state index < -0.39 is 5.91 Å². The SMILES string of the molecule is COCCn1c(=NC(=O)c2ccc(C)cc2)c(C#N)cc2c(=O)n3cccc(C)c3nc21. The summed E-state index contributed by atoms with van der Waals surface area (Å²) in [5, 5.41) is 10.1. The number of carbonyl (C=O) groups excluding carboxylic acids is 1. The van der Waals surface area contributed by atoms with Gasteiger partial charge >= 0.3 is 0 Å². The molecule has 160 valence electrons. The Bertz CT molecular complexity index is 1520. The van der Waals surface area contributed by atoms with E-state index in [-0.39, 0.29) is 35.1 Å². The highest BCUT2D eigenvalue weighted by molar-refractivity contribution is 5.95. The van der Waals surface area contributed by atoms with Gasteiger partial charge in [-0.15, -0.1) is 0 Å². The van der Waals surface area contributed by atoms with Crippen LogP contribution in [0.2, 0.25) is 0 Å². The van der Waals surface area contributed by atoms with Gasteiger partial charge in [0.1, 0.15) is 17.4 Å². The van der Waals surface area contributed by atoms with Crippen molar-refractivity contribution < 1.29 is 9.53 Å². The summed E-state index contributed by atoms with van der Waals surface area (Å²) in [6.07, 6.45) is 1.64. The fourth-order valence-electron chi connectivity index (χ4n) is 3.54. The van der Waals surface area contributed by atoms with Crippen molar-refractivity contribution in [3.05, 3.63) is 86.8 Å². The van der Waals surface area contributed by atoms with Gasteiger partial charge in [0.25, 0.3) is 11.5 Å². The number of nitrogens with zero attached hydrogens (tertiary/aromatic N) is 5. The summed E-state index contributed by atoms with van der Waals surface area (Å²) in [5.41, 5.74) is 3.05. The predicted octanol–water partition coefficient (Wildman–Crippen LogP) is 2.53. The van der Waals surface area contributed by atoms with E-state index in [2.05, 4.69) is 11.1 Å². The van der Waals surface area contributed by atoms with Gasteiger partial charge in [-0.05, 0) is 43.7 Å². The van der Waals surface area contributed by atoms with Crippen LogP contribution in [-0.2, 0) is 11.3 Å². The first-order chi connectivity index (χ1) is 15.4. The molecule has 32 heavy (non-hydrogen) atoms. The predicted molar refractivity (Wildman–Crippen MR) is 119 cm³/mol. The van der Waals surface area contributed by atoms with E-state index in [4.69, 9.17) is 9.72 Å². The molecule has 1 aromatic carbocycles. The zero-order valence-corrected chi connectivity index (χ0v) is 18.0. The molecule has 0 fully saturated rings. The molecule has 0 aliphatic heterocycles. The van der Waals surface area contributed by atoms with Crippen molar-refractivity contribution in [1.82, 2.24) is 14.0 Å². The van der Waals surface area contributed by atoms with E-state index in [0.717, 1.165) is 11.1 Å². The summed E-state index contributed by atoms with van der Waals surface area (Å²) in [6.45, 7) is 4.34. The van der Waals surface area contributed by atoms with Gasteiger partial charge in [0.05, 0.1) is 17.6 Å². The van der Waals surface area contributed by atoms with Gasteiger partial charge in [-0.3, -0.25) is 14.0 Å². The quantitative estimate of drug-likeness (QED) is 0.466.